The number of hydrogen-bond acceptors (Lipinski definition) is 3. The maximum Gasteiger partial charge on any atom is 0.262 e. The van der Waals surface area contributed by atoms with Crippen LogP contribution in [0.3, 0.4) is 0 Å². The van der Waals surface area contributed by atoms with Crippen LogP contribution < -0.4 is 10.0 Å². The molecule has 6 heteroatoms. The molecule has 0 saturated heterocycles. The third-order valence-corrected chi connectivity index (χ3v) is 8.23. The standard InChI is InChI=1S/C25H32N2O3S/c1-18-9-14-23(19(2)17-18)31(29,30)27-22-12-10-20(11-13-22)25(15-16-25)24(28)26-21-7-5-3-4-6-8-21/h9-14,17,21,27H,3-8,15-16H2,1-2H3,(H,26,28). The Kier molecular flexibility index (Phi) is 6.11. The summed E-state index contributed by atoms with van der Waals surface area (Å²) < 4.78 is 28.3. The van der Waals surface area contributed by atoms with E-state index in [9.17, 15) is 13.2 Å². The number of nitrogens with one attached hydrogen (secondary N) is 2. The predicted octanol–water partition coefficient (Wildman–Crippen LogP) is 4.97. The number of carbonyl (C=O) groups excluding carboxylic acids is 1. The largest absolute Gasteiger partial charge is 0.353 e. The van der Waals surface area contributed by atoms with Gasteiger partial charge in [-0.2, -0.15) is 0 Å². The molecule has 5 nitrogen and oxygen atoms in total. The SMILES string of the molecule is Cc1ccc(S(=O)(=O)Nc2ccc(C3(C(=O)NC4CCCCCC4)CC3)cc2)c(C)c1. The molecule has 0 aromatic heterocycles. The topological polar surface area (TPSA) is 75.3 Å². The molecule has 0 spiro atoms. The average molecular weight is 441 g/mol. The molecule has 2 aromatic rings. The highest BCUT2D eigenvalue weighted by atomic mass is 32.2. The van der Waals surface area contributed by atoms with E-state index in [2.05, 4.69) is 10.0 Å². The first-order chi connectivity index (χ1) is 14.8. The Bertz CT molecular complexity index is 1050. The summed E-state index contributed by atoms with van der Waals surface area (Å²) in [6, 6.07) is 12.9. The molecule has 0 unspecified atom stereocenters. The van der Waals surface area contributed by atoms with Crippen molar-refractivity contribution in [1.29, 1.82) is 0 Å². The zero-order valence-electron chi connectivity index (χ0n) is 18.4. The maximum absolute atomic E-state index is 13.0. The van der Waals surface area contributed by atoms with Crippen molar-refractivity contribution < 1.29 is 13.2 Å². The highest BCUT2D eigenvalue weighted by molar-refractivity contribution is 7.92. The predicted molar refractivity (Wildman–Crippen MR) is 124 cm³/mol. The molecule has 2 N–H and O–H groups in total. The fourth-order valence-electron chi connectivity index (χ4n) is 4.69. The Labute approximate surface area is 185 Å². The summed E-state index contributed by atoms with van der Waals surface area (Å²) in [5.74, 6) is 0.128. The normalized spacial score (nSPS) is 18.8. The molecule has 2 saturated carbocycles. The van der Waals surface area contributed by atoms with Crippen molar-refractivity contribution in [1.82, 2.24) is 5.32 Å². The van der Waals surface area contributed by atoms with Crippen LogP contribution >= 0.6 is 0 Å². The minimum absolute atomic E-state index is 0.128. The summed E-state index contributed by atoms with van der Waals surface area (Å²) in [6.07, 6.45) is 8.73. The number of hydrogen-bond donors (Lipinski definition) is 2. The first kappa shape index (κ1) is 21.9. The minimum Gasteiger partial charge on any atom is -0.353 e. The molecule has 0 aliphatic heterocycles. The molecule has 1 amide bonds. The van der Waals surface area contributed by atoms with Gasteiger partial charge in [-0.05, 0) is 68.9 Å². The van der Waals surface area contributed by atoms with Crippen molar-refractivity contribution in [2.75, 3.05) is 4.72 Å². The molecule has 0 radical (unpaired) electrons. The lowest BCUT2D eigenvalue weighted by molar-refractivity contribution is -0.124. The van der Waals surface area contributed by atoms with E-state index in [1.54, 1.807) is 31.2 Å². The Morgan fingerprint density at radius 1 is 0.935 bits per heavy atom. The lowest BCUT2D eigenvalue weighted by Crippen LogP contribution is -2.41. The molecule has 0 heterocycles. The minimum atomic E-state index is -3.66. The van der Waals surface area contributed by atoms with Crippen molar-refractivity contribution in [2.45, 2.75) is 81.6 Å². The van der Waals surface area contributed by atoms with Gasteiger partial charge in [0.25, 0.3) is 10.0 Å². The van der Waals surface area contributed by atoms with Gasteiger partial charge in [-0.3, -0.25) is 9.52 Å². The van der Waals surface area contributed by atoms with Gasteiger partial charge in [0.2, 0.25) is 5.91 Å². The van der Waals surface area contributed by atoms with Crippen LogP contribution in [0.4, 0.5) is 5.69 Å². The van der Waals surface area contributed by atoms with Crippen molar-refractivity contribution in [3.8, 4) is 0 Å². The Hall–Kier alpha value is -2.34. The van der Waals surface area contributed by atoms with Crippen LogP contribution in [0.25, 0.3) is 0 Å². The van der Waals surface area contributed by atoms with Crippen LogP contribution in [0.1, 0.15) is 68.1 Å². The molecule has 166 valence electrons. The molecule has 2 fully saturated rings. The zero-order valence-corrected chi connectivity index (χ0v) is 19.2. The Morgan fingerprint density at radius 3 is 2.16 bits per heavy atom. The monoisotopic (exact) mass is 440 g/mol. The first-order valence-corrected chi connectivity index (χ1v) is 12.8. The summed E-state index contributed by atoms with van der Waals surface area (Å²) in [5, 5.41) is 3.29. The van der Waals surface area contributed by atoms with Gasteiger partial charge >= 0.3 is 0 Å². The highest BCUT2D eigenvalue weighted by Gasteiger charge is 2.51. The summed E-state index contributed by atoms with van der Waals surface area (Å²) in [5.41, 5.74) is 2.77. The molecule has 4 rings (SSSR count). The van der Waals surface area contributed by atoms with Gasteiger partial charge in [0, 0.05) is 11.7 Å². The molecule has 0 bridgehead atoms. The van der Waals surface area contributed by atoms with Gasteiger partial charge in [-0.1, -0.05) is 55.5 Å². The quantitative estimate of drug-likeness (QED) is 0.623. The maximum atomic E-state index is 13.0. The van der Waals surface area contributed by atoms with Crippen LogP contribution in [0.2, 0.25) is 0 Å². The molecule has 31 heavy (non-hydrogen) atoms. The second-order valence-corrected chi connectivity index (χ2v) is 10.8. The summed E-state index contributed by atoms with van der Waals surface area (Å²) in [6.45, 7) is 3.74. The second-order valence-electron chi connectivity index (χ2n) is 9.20. The molecular formula is C25H32N2O3S. The van der Waals surface area contributed by atoms with Crippen LogP contribution in [0, 0.1) is 13.8 Å². The number of rotatable bonds is 6. The number of anilines is 1. The summed E-state index contributed by atoms with van der Waals surface area (Å²) in [4.78, 5) is 13.3. The number of benzene rings is 2. The van der Waals surface area contributed by atoms with Gasteiger partial charge in [0.15, 0.2) is 0 Å². The highest BCUT2D eigenvalue weighted by Crippen LogP contribution is 2.48. The van der Waals surface area contributed by atoms with Gasteiger partial charge in [-0.25, -0.2) is 8.42 Å². The summed E-state index contributed by atoms with van der Waals surface area (Å²) in [7, 11) is -3.66. The number of carbonyl (C=O) groups is 1. The molecule has 2 aliphatic rings. The zero-order chi connectivity index (χ0) is 22.1. The van der Waals surface area contributed by atoms with Gasteiger partial charge in [0.05, 0.1) is 10.3 Å². The first-order valence-electron chi connectivity index (χ1n) is 11.3. The van der Waals surface area contributed by atoms with Crippen LogP contribution in [-0.4, -0.2) is 20.4 Å². The lowest BCUT2D eigenvalue weighted by atomic mass is 9.94. The smallest absolute Gasteiger partial charge is 0.262 e. The van der Waals surface area contributed by atoms with Crippen molar-refractivity contribution in [2.24, 2.45) is 0 Å². The molecule has 2 aliphatic carbocycles. The van der Waals surface area contributed by atoms with Crippen LogP contribution in [0.15, 0.2) is 47.4 Å². The fraction of sp³-hybridized carbons (Fsp3) is 0.480. The van der Waals surface area contributed by atoms with Gasteiger partial charge < -0.3 is 5.32 Å². The van der Waals surface area contributed by atoms with E-state index in [1.807, 2.05) is 25.1 Å². The fourth-order valence-corrected chi connectivity index (χ4v) is 5.97. The van der Waals surface area contributed by atoms with Crippen LogP contribution in [-0.2, 0) is 20.2 Å². The van der Waals surface area contributed by atoms with E-state index in [4.69, 9.17) is 0 Å². The van der Waals surface area contributed by atoms with E-state index in [0.29, 0.717) is 5.69 Å². The van der Waals surface area contributed by atoms with E-state index >= 15 is 0 Å². The molecule has 0 atom stereocenters. The van der Waals surface area contributed by atoms with Gasteiger partial charge in [-0.15, -0.1) is 0 Å². The van der Waals surface area contributed by atoms with Crippen molar-refractivity contribution >= 4 is 21.6 Å². The van der Waals surface area contributed by atoms with Crippen LogP contribution in [0.5, 0.6) is 0 Å². The third-order valence-electron chi connectivity index (χ3n) is 6.68. The number of amides is 1. The number of sulfonamides is 1. The number of aryl methyl sites for hydroxylation is 2. The van der Waals surface area contributed by atoms with E-state index in [1.165, 1.54) is 25.7 Å². The molecule has 2 aromatic carbocycles. The molecular weight excluding hydrogens is 408 g/mol. The van der Waals surface area contributed by atoms with Gasteiger partial charge in [0.1, 0.15) is 0 Å². The van der Waals surface area contributed by atoms with Crippen molar-refractivity contribution in [3.63, 3.8) is 0 Å². The third kappa shape index (κ3) is 4.79. The van der Waals surface area contributed by atoms with E-state index in [0.717, 1.165) is 42.4 Å². The average Bonchev–Trinajstić information content (AvgIpc) is 3.54. The second kappa shape index (κ2) is 8.65. The Balaban J connectivity index is 1.45. The van der Waals surface area contributed by atoms with Crippen molar-refractivity contribution in [3.05, 3.63) is 59.2 Å². The van der Waals surface area contributed by atoms with E-state index in [-0.39, 0.29) is 16.8 Å². The lowest BCUT2D eigenvalue weighted by Gasteiger charge is -2.22. The Morgan fingerprint density at radius 2 is 1.58 bits per heavy atom. The summed E-state index contributed by atoms with van der Waals surface area (Å²) >= 11 is 0. The van der Waals surface area contributed by atoms with E-state index < -0.39 is 15.4 Å².